The van der Waals surface area contributed by atoms with E-state index in [2.05, 4.69) is 29.6 Å². The fourth-order valence-corrected chi connectivity index (χ4v) is 2.94. The number of nitrogens with zero attached hydrogens (tertiary/aromatic N) is 1. The van der Waals surface area contributed by atoms with Crippen molar-refractivity contribution in [2.45, 2.75) is 31.7 Å². The number of carbonyl (C=O) groups excluding carboxylic acids is 1. The van der Waals surface area contributed by atoms with Crippen LogP contribution in [0.3, 0.4) is 0 Å². The van der Waals surface area contributed by atoms with E-state index in [1.807, 2.05) is 30.1 Å². The van der Waals surface area contributed by atoms with E-state index in [0.717, 1.165) is 31.2 Å². The summed E-state index contributed by atoms with van der Waals surface area (Å²) in [6.45, 7) is 0. The molecule has 1 amide bonds. The molecule has 1 heterocycles. The second-order valence-electron chi connectivity index (χ2n) is 5.60. The Bertz CT molecular complexity index is 615. The van der Waals surface area contributed by atoms with Crippen molar-refractivity contribution in [1.29, 1.82) is 0 Å². The molecule has 104 valence electrons. The maximum Gasteiger partial charge on any atom is 0.253 e. The number of hydrogen-bond acceptors (Lipinski definition) is 1. The summed E-state index contributed by atoms with van der Waals surface area (Å²) in [5.74, 6) is 0.0370. The quantitative estimate of drug-likeness (QED) is 0.835. The normalized spacial score (nSPS) is 18.1. The lowest BCUT2D eigenvalue weighted by molar-refractivity contribution is 0.0935. The van der Waals surface area contributed by atoms with Crippen LogP contribution in [0.25, 0.3) is 0 Å². The van der Waals surface area contributed by atoms with Gasteiger partial charge in [-0.25, -0.2) is 0 Å². The topological polar surface area (TPSA) is 34.0 Å². The average molecular weight is 268 g/mol. The summed E-state index contributed by atoms with van der Waals surface area (Å²) in [6, 6.07) is 10.7. The first kappa shape index (κ1) is 13.0. The van der Waals surface area contributed by atoms with E-state index < -0.39 is 0 Å². The summed E-state index contributed by atoms with van der Waals surface area (Å²) in [7, 11) is 1.93. The van der Waals surface area contributed by atoms with Crippen LogP contribution in [0.4, 0.5) is 0 Å². The number of carbonyl (C=O) groups is 1. The predicted molar refractivity (Wildman–Crippen MR) is 79.8 cm³/mol. The van der Waals surface area contributed by atoms with Gasteiger partial charge in [-0.2, -0.15) is 0 Å². The molecule has 0 aliphatic heterocycles. The van der Waals surface area contributed by atoms with E-state index in [0.29, 0.717) is 0 Å². The number of aryl methyl sites for hydroxylation is 2. The van der Waals surface area contributed by atoms with Crippen LogP contribution in [0.15, 0.2) is 42.7 Å². The van der Waals surface area contributed by atoms with Crippen LogP contribution in [-0.2, 0) is 19.9 Å². The van der Waals surface area contributed by atoms with Gasteiger partial charge in [0.25, 0.3) is 5.91 Å². The van der Waals surface area contributed by atoms with Gasteiger partial charge in [-0.3, -0.25) is 4.79 Å². The molecule has 0 spiro atoms. The van der Waals surface area contributed by atoms with E-state index in [-0.39, 0.29) is 11.9 Å². The molecule has 3 nitrogen and oxygen atoms in total. The highest BCUT2D eigenvalue weighted by Crippen LogP contribution is 2.20. The largest absolute Gasteiger partial charge is 0.356 e. The van der Waals surface area contributed by atoms with Crippen LogP contribution < -0.4 is 5.32 Å². The predicted octanol–water partition coefficient (Wildman–Crippen LogP) is 2.70. The Hall–Kier alpha value is -2.03. The molecule has 1 aromatic heterocycles. The Balaban J connectivity index is 1.71. The molecule has 0 bridgehead atoms. The Morgan fingerprint density at radius 3 is 2.80 bits per heavy atom. The second-order valence-corrected chi connectivity index (χ2v) is 5.60. The maximum absolute atomic E-state index is 12.2. The zero-order chi connectivity index (χ0) is 13.9. The zero-order valence-corrected chi connectivity index (χ0v) is 11.8. The van der Waals surface area contributed by atoms with Crippen molar-refractivity contribution in [2.24, 2.45) is 7.05 Å². The third-order valence-corrected chi connectivity index (χ3v) is 4.01. The molecule has 3 rings (SSSR count). The average Bonchev–Trinajstić information content (AvgIpc) is 2.77. The van der Waals surface area contributed by atoms with Gasteiger partial charge in [0, 0.05) is 25.5 Å². The molecule has 1 aliphatic rings. The lowest BCUT2D eigenvalue weighted by Gasteiger charge is -2.16. The van der Waals surface area contributed by atoms with Crippen LogP contribution in [0.2, 0.25) is 0 Å². The summed E-state index contributed by atoms with van der Waals surface area (Å²) < 4.78 is 1.90. The molecule has 1 aliphatic carbocycles. The second kappa shape index (κ2) is 5.53. The van der Waals surface area contributed by atoms with Crippen LogP contribution >= 0.6 is 0 Å². The van der Waals surface area contributed by atoms with Crippen LogP contribution in [0.5, 0.6) is 0 Å². The van der Waals surface area contributed by atoms with Crippen LogP contribution in [0.1, 0.15) is 34.3 Å². The molecular weight excluding hydrogens is 248 g/mol. The Morgan fingerprint density at radius 2 is 2.05 bits per heavy atom. The molecule has 3 heteroatoms. The molecule has 1 unspecified atom stereocenters. The van der Waals surface area contributed by atoms with Gasteiger partial charge in [-0.1, -0.05) is 24.3 Å². The summed E-state index contributed by atoms with van der Waals surface area (Å²) in [5, 5.41) is 3.18. The van der Waals surface area contributed by atoms with Gasteiger partial charge in [0.15, 0.2) is 0 Å². The molecule has 20 heavy (non-hydrogen) atoms. The minimum atomic E-state index is 0.0370. The minimum Gasteiger partial charge on any atom is -0.356 e. The zero-order valence-electron chi connectivity index (χ0n) is 11.8. The van der Waals surface area contributed by atoms with Gasteiger partial charge in [0.1, 0.15) is 0 Å². The van der Waals surface area contributed by atoms with Crippen molar-refractivity contribution in [3.05, 3.63) is 59.4 Å². The highest BCUT2D eigenvalue weighted by atomic mass is 16.1. The molecule has 1 aromatic carbocycles. The van der Waals surface area contributed by atoms with Crippen molar-refractivity contribution in [2.75, 3.05) is 0 Å². The summed E-state index contributed by atoms with van der Waals surface area (Å²) in [6.07, 6.45) is 8.00. The van der Waals surface area contributed by atoms with Gasteiger partial charge < -0.3 is 9.88 Å². The number of fused-ring (bicyclic) bond motifs is 1. The van der Waals surface area contributed by atoms with E-state index in [4.69, 9.17) is 0 Å². The van der Waals surface area contributed by atoms with Crippen molar-refractivity contribution in [1.82, 2.24) is 9.88 Å². The lowest BCUT2D eigenvalue weighted by Crippen LogP contribution is -2.35. The highest BCUT2D eigenvalue weighted by Gasteiger charge is 2.19. The molecule has 1 atom stereocenters. The number of hydrogen-bond donors (Lipinski definition) is 1. The third kappa shape index (κ3) is 2.77. The Labute approximate surface area is 119 Å². The minimum absolute atomic E-state index is 0.0370. The number of amides is 1. The van der Waals surface area contributed by atoms with Gasteiger partial charge in [0.2, 0.25) is 0 Å². The number of rotatable bonds is 2. The van der Waals surface area contributed by atoms with E-state index >= 15 is 0 Å². The molecule has 0 saturated heterocycles. The first-order chi connectivity index (χ1) is 9.72. The van der Waals surface area contributed by atoms with Gasteiger partial charge in [-0.05, 0) is 42.9 Å². The first-order valence-corrected chi connectivity index (χ1v) is 7.22. The summed E-state index contributed by atoms with van der Waals surface area (Å²) >= 11 is 0. The molecule has 2 aromatic rings. The molecular formula is C17H20N2O. The van der Waals surface area contributed by atoms with Crippen molar-refractivity contribution < 1.29 is 4.79 Å². The van der Waals surface area contributed by atoms with E-state index in [1.165, 1.54) is 11.1 Å². The van der Waals surface area contributed by atoms with Gasteiger partial charge in [-0.15, -0.1) is 0 Å². The van der Waals surface area contributed by atoms with Crippen molar-refractivity contribution in [3.63, 3.8) is 0 Å². The fraction of sp³-hybridized carbons (Fsp3) is 0.353. The SMILES string of the molecule is Cn1ccc(C(=O)NC2CCCc3ccccc3C2)c1. The fourth-order valence-electron chi connectivity index (χ4n) is 2.94. The van der Waals surface area contributed by atoms with Crippen LogP contribution in [0, 0.1) is 0 Å². The highest BCUT2D eigenvalue weighted by molar-refractivity contribution is 5.94. The number of benzene rings is 1. The molecule has 1 N–H and O–H groups in total. The monoisotopic (exact) mass is 268 g/mol. The smallest absolute Gasteiger partial charge is 0.253 e. The molecule has 0 radical (unpaired) electrons. The van der Waals surface area contributed by atoms with E-state index in [9.17, 15) is 4.79 Å². The van der Waals surface area contributed by atoms with Crippen LogP contribution in [-0.4, -0.2) is 16.5 Å². The van der Waals surface area contributed by atoms with Crippen molar-refractivity contribution >= 4 is 5.91 Å². The van der Waals surface area contributed by atoms with Gasteiger partial charge >= 0.3 is 0 Å². The van der Waals surface area contributed by atoms with Crippen molar-refractivity contribution in [3.8, 4) is 0 Å². The number of aromatic nitrogens is 1. The first-order valence-electron chi connectivity index (χ1n) is 7.22. The molecule has 0 saturated carbocycles. The summed E-state index contributed by atoms with van der Waals surface area (Å²) in [5.41, 5.74) is 3.55. The lowest BCUT2D eigenvalue weighted by atomic mass is 10.0. The standard InChI is InChI=1S/C17H20N2O/c1-19-10-9-15(12-19)17(20)18-16-8-4-7-13-5-2-3-6-14(13)11-16/h2-3,5-6,9-10,12,16H,4,7-8,11H2,1H3,(H,18,20). The summed E-state index contributed by atoms with van der Waals surface area (Å²) in [4.78, 5) is 12.2. The number of nitrogens with one attached hydrogen (secondary N) is 1. The van der Waals surface area contributed by atoms with E-state index in [1.54, 1.807) is 0 Å². The Kier molecular flexibility index (Phi) is 3.59. The Morgan fingerprint density at radius 1 is 1.25 bits per heavy atom. The molecule has 0 fully saturated rings. The maximum atomic E-state index is 12.2. The van der Waals surface area contributed by atoms with Gasteiger partial charge in [0.05, 0.1) is 5.56 Å². The third-order valence-electron chi connectivity index (χ3n) is 4.01.